The van der Waals surface area contributed by atoms with Crippen molar-refractivity contribution in [1.29, 1.82) is 0 Å². The Balaban J connectivity index is 2.27. The van der Waals surface area contributed by atoms with Crippen LogP contribution in [0.15, 0.2) is 24.3 Å². The third-order valence-corrected chi connectivity index (χ3v) is 2.54. The summed E-state index contributed by atoms with van der Waals surface area (Å²) in [5.41, 5.74) is 11.4. The van der Waals surface area contributed by atoms with Crippen molar-refractivity contribution in [1.82, 2.24) is 10.6 Å². The van der Waals surface area contributed by atoms with E-state index in [1.807, 2.05) is 0 Å². The van der Waals surface area contributed by atoms with Gasteiger partial charge in [-0.2, -0.15) is 0 Å². The normalized spacial score (nSPS) is 9.80. The summed E-state index contributed by atoms with van der Waals surface area (Å²) in [6.07, 6.45) is 0.218. The van der Waals surface area contributed by atoms with Crippen LogP contribution in [0.3, 0.4) is 0 Å². The van der Waals surface area contributed by atoms with Crippen LogP contribution in [0.1, 0.15) is 23.2 Å². The van der Waals surface area contributed by atoms with E-state index in [9.17, 15) is 14.4 Å². The lowest BCUT2D eigenvalue weighted by Gasteiger charge is -2.07. The Bertz CT molecular complexity index is 502. The van der Waals surface area contributed by atoms with E-state index < -0.39 is 5.91 Å². The molecule has 1 aromatic carbocycles. The van der Waals surface area contributed by atoms with Gasteiger partial charge in [0.15, 0.2) is 0 Å². The number of carbonyl (C=O) groups excluding carboxylic acids is 3. The molecular formula is C13H18N4O3. The summed E-state index contributed by atoms with van der Waals surface area (Å²) in [6.45, 7) is 0.392. The summed E-state index contributed by atoms with van der Waals surface area (Å²) in [4.78, 5) is 33.6. The highest BCUT2D eigenvalue weighted by Crippen LogP contribution is 2.09. The number of hydrogen-bond donors (Lipinski definition) is 4. The van der Waals surface area contributed by atoms with Gasteiger partial charge in [0.25, 0.3) is 5.91 Å². The van der Waals surface area contributed by atoms with Crippen molar-refractivity contribution in [3.63, 3.8) is 0 Å². The number of para-hydroxylation sites is 1. The number of hydrogen-bond acceptors (Lipinski definition) is 4. The zero-order chi connectivity index (χ0) is 15.0. The largest absolute Gasteiger partial charge is 0.398 e. The van der Waals surface area contributed by atoms with Crippen LogP contribution in [0, 0.1) is 0 Å². The molecule has 0 heterocycles. The molecular weight excluding hydrogens is 260 g/mol. The van der Waals surface area contributed by atoms with Gasteiger partial charge in [-0.3, -0.25) is 14.4 Å². The molecule has 0 bridgehead atoms. The lowest BCUT2D eigenvalue weighted by Crippen LogP contribution is -2.32. The van der Waals surface area contributed by atoms with Gasteiger partial charge >= 0.3 is 0 Å². The summed E-state index contributed by atoms with van der Waals surface area (Å²) in [5, 5.41) is 5.12. The second-order valence-corrected chi connectivity index (χ2v) is 4.16. The second-order valence-electron chi connectivity index (χ2n) is 4.16. The van der Waals surface area contributed by atoms with Crippen molar-refractivity contribution in [2.45, 2.75) is 12.8 Å². The van der Waals surface area contributed by atoms with Crippen LogP contribution in [0.5, 0.6) is 0 Å². The number of nitrogens with two attached hydrogens (primary N) is 2. The van der Waals surface area contributed by atoms with Crippen LogP contribution in [0.4, 0.5) is 5.69 Å². The fourth-order valence-corrected chi connectivity index (χ4v) is 1.50. The summed E-state index contributed by atoms with van der Waals surface area (Å²) >= 11 is 0. The minimum absolute atomic E-state index is 0.0959. The lowest BCUT2D eigenvalue weighted by molar-refractivity contribution is -0.121. The molecule has 0 aromatic heterocycles. The maximum Gasteiger partial charge on any atom is 0.253 e. The van der Waals surface area contributed by atoms with Gasteiger partial charge in [0, 0.05) is 31.6 Å². The molecule has 0 aliphatic carbocycles. The Morgan fingerprint density at radius 2 is 1.65 bits per heavy atom. The van der Waals surface area contributed by atoms with Crippen molar-refractivity contribution in [2.75, 3.05) is 18.8 Å². The maximum absolute atomic E-state index is 11.8. The Kier molecular flexibility index (Phi) is 6.02. The summed E-state index contributed by atoms with van der Waals surface area (Å²) in [7, 11) is 0. The first-order valence-corrected chi connectivity index (χ1v) is 6.18. The zero-order valence-corrected chi connectivity index (χ0v) is 11.0. The molecule has 7 nitrogen and oxygen atoms in total. The average molecular weight is 278 g/mol. The van der Waals surface area contributed by atoms with Crippen LogP contribution in [-0.2, 0) is 9.59 Å². The number of nitrogens with one attached hydrogen (secondary N) is 2. The van der Waals surface area contributed by atoms with E-state index in [1.54, 1.807) is 24.3 Å². The van der Waals surface area contributed by atoms with Crippen LogP contribution in [-0.4, -0.2) is 30.8 Å². The number of primary amides is 1. The molecule has 20 heavy (non-hydrogen) atoms. The fraction of sp³-hybridized carbons (Fsp3) is 0.308. The van der Waals surface area contributed by atoms with Gasteiger partial charge in [-0.25, -0.2) is 0 Å². The molecule has 0 unspecified atom stereocenters. The molecule has 0 saturated heterocycles. The molecule has 6 N–H and O–H groups in total. The number of rotatable bonds is 7. The fourth-order valence-electron chi connectivity index (χ4n) is 1.50. The number of carbonyl (C=O) groups is 3. The van der Waals surface area contributed by atoms with Crippen molar-refractivity contribution in [3.8, 4) is 0 Å². The number of amides is 3. The molecule has 0 spiro atoms. The minimum atomic E-state index is -0.474. The molecule has 0 aliphatic rings. The number of benzene rings is 1. The molecule has 108 valence electrons. The molecule has 0 saturated carbocycles. The third kappa shape index (κ3) is 5.38. The third-order valence-electron chi connectivity index (χ3n) is 2.54. The van der Waals surface area contributed by atoms with E-state index in [0.717, 1.165) is 0 Å². The molecule has 0 atom stereocenters. The van der Waals surface area contributed by atoms with Crippen molar-refractivity contribution in [2.24, 2.45) is 5.73 Å². The Hall–Kier alpha value is -2.57. The van der Waals surface area contributed by atoms with Gasteiger partial charge in [-0.05, 0) is 12.1 Å². The summed E-state index contributed by atoms with van der Waals surface area (Å²) < 4.78 is 0. The molecule has 3 amide bonds. The molecule has 0 radical (unpaired) electrons. The van der Waals surface area contributed by atoms with E-state index in [0.29, 0.717) is 11.3 Å². The topological polar surface area (TPSA) is 127 Å². The first-order valence-electron chi connectivity index (χ1n) is 6.18. The standard InChI is InChI=1S/C13H18N4O3/c14-10-4-2-1-3-9(10)13(20)17-8-6-12(19)16-7-5-11(15)18/h1-4H,5-8,14H2,(H2,15,18)(H,16,19)(H,17,20). The minimum Gasteiger partial charge on any atom is -0.398 e. The molecule has 1 aromatic rings. The van der Waals surface area contributed by atoms with E-state index in [-0.39, 0.29) is 37.7 Å². The van der Waals surface area contributed by atoms with E-state index >= 15 is 0 Å². The van der Waals surface area contributed by atoms with Crippen LogP contribution in [0.2, 0.25) is 0 Å². The smallest absolute Gasteiger partial charge is 0.253 e. The molecule has 7 heteroatoms. The Morgan fingerprint density at radius 3 is 2.30 bits per heavy atom. The van der Waals surface area contributed by atoms with Crippen LogP contribution >= 0.6 is 0 Å². The second kappa shape index (κ2) is 7.78. The van der Waals surface area contributed by atoms with Crippen LogP contribution in [0.25, 0.3) is 0 Å². The van der Waals surface area contributed by atoms with Gasteiger partial charge in [0.1, 0.15) is 0 Å². The summed E-state index contributed by atoms with van der Waals surface area (Å²) in [5.74, 6) is -1.06. The highest BCUT2D eigenvalue weighted by atomic mass is 16.2. The van der Waals surface area contributed by atoms with E-state index in [1.165, 1.54) is 0 Å². The number of anilines is 1. The lowest BCUT2D eigenvalue weighted by atomic mass is 10.1. The first kappa shape index (κ1) is 15.5. The van der Waals surface area contributed by atoms with Gasteiger partial charge in [-0.15, -0.1) is 0 Å². The quantitative estimate of drug-likeness (QED) is 0.495. The van der Waals surface area contributed by atoms with Crippen molar-refractivity contribution >= 4 is 23.4 Å². The Labute approximate surface area is 116 Å². The SMILES string of the molecule is NC(=O)CCNC(=O)CCNC(=O)c1ccccc1N. The van der Waals surface area contributed by atoms with Crippen molar-refractivity contribution < 1.29 is 14.4 Å². The van der Waals surface area contributed by atoms with Gasteiger partial charge < -0.3 is 22.1 Å². The molecule has 0 aliphatic heterocycles. The molecule has 0 fully saturated rings. The monoisotopic (exact) mass is 278 g/mol. The predicted molar refractivity (Wildman–Crippen MR) is 74.6 cm³/mol. The maximum atomic E-state index is 11.8. The van der Waals surface area contributed by atoms with E-state index in [4.69, 9.17) is 11.5 Å². The number of nitrogen functional groups attached to an aromatic ring is 1. The Morgan fingerprint density at radius 1 is 1.00 bits per heavy atom. The van der Waals surface area contributed by atoms with Gasteiger partial charge in [0.05, 0.1) is 5.56 Å². The zero-order valence-electron chi connectivity index (χ0n) is 11.0. The predicted octanol–water partition coefficient (Wildman–Crippen LogP) is -0.620. The highest BCUT2D eigenvalue weighted by Gasteiger charge is 2.09. The summed E-state index contributed by atoms with van der Waals surface area (Å²) in [6, 6.07) is 6.68. The first-order chi connectivity index (χ1) is 9.50. The average Bonchev–Trinajstić information content (AvgIpc) is 2.38. The van der Waals surface area contributed by atoms with Gasteiger partial charge in [0.2, 0.25) is 11.8 Å². The highest BCUT2D eigenvalue weighted by molar-refractivity contribution is 5.99. The van der Waals surface area contributed by atoms with E-state index in [2.05, 4.69) is 10.6 Å². The van der Waals surface area contributed by atoms with Crippen molar-refractivity contribution in [3.05, 3.63) is 29.8 Å². The molecule has 1 rings (SSSR count). The van der Waals surface area contributed by atoms with Gasteiger partial charge in [-0.1, -0.05) is 12.1 Å². The van der Waals surface area contributed by atoms with Crippen LogP contribution < -0.4 is 22.1 Å².